The molecule has 0 aliphatic carbocycles. The monoisotopic (exact) mass is 379 g/mol. The summed E-state index contributed by atoms with van der Waals surface area (Å²) in [5.41, 5.74) is 3.02. The number of hydrogen-bond donors (Lipinski definition) is 0. The molecule has 0 aliphatic rings. The molecule has 5 rings (SSSR count). The van der Waals surface area contributed by atoms with Gasteiger partial charge in [-0.15, -0.1) is 0 Å². The van der Waals surface area contributed by atoms with Crippen LogP contribution >= 0.6 is 0 Å². The van der Waals surface area contributed by atoms with E-state index in [4.69, 9.17) is 0 Å². The van der Waals surface area contributed by atoms with E-state index in [0.717, 1.165) is 16.3 Å². The Morgan fingerprint density at radius 1 is 0.724 bits per heavy atom. The van der Waals surface area contributed by atoms with Crippen molar-refractivity contribution in [2.45, 2.75) is 6.92 Å². The van der Waals surface area contributed by atoms with Crippen LogP contribution in [0.3, 0.4) is 0 Å². The highest BCUT2D eigenvalue weighted by molar-refractivity contribution is 6.18. The van der Waals surface area contributed by atoms with Gasteiger partial charge in [0.2, 0.25) is 0 Å². The molecule has 5 nitrogen and oxygen atoms in total. The zero-order valence-corrected chi connectivity index (χ0v) is 15.7. The molecule has 0 bridgehead atoms. The highest BCUT2D eigenvalue weighted by Gasteiger charge is 2.26. The van der Waals surface area contributed by atoms with Gasteiger partial charge in [0.25, 0.3) is 11.8 Å². The molecule has 5 heteroatoms. The molecule has 2 heterocycles. The Bertz CT molecular complexity index is 1380. The molecule has 0 unspecified atom stereocenters. The van der Waals surface area contributed by atoms with Crippen molar-refractivity contribution in [3.63, 3.8) is 0 Å². The van der Waals surface area contributed by atoms with Crippen molar-refractivity contribution in [3.8, 4) is 0 Å². The van der Waals surface area contributed by atoms with Gasteiger partial charge in [-0.2, -0.15) is 9.78 Å². The van der Waals surface area contributed by atoms with Crippen molar-refractivity contribution in [2.75, 3.05) is 0 Å². The Balaban J connectivity index is 1.85. The number of carbonyl (C=O) groups excluding carboxylic acids is 2. The SMILES string of the molecule is Cc1nn(C(=O)c2ccccc2)c2c1c1ccccc1n2C(=O)c1ccccc1. The van der Waals surface area contributed by atoms with Gasteiger partial charge in [0.1, 0.15) is 0 Å². The summed E-state index contributed by atoms with van der Waals surface area (Å²) in [4.78, 5) is 26.7. The van der Waals surface area contributed by atoms with E-state index in [9.17, 15) is 9.59 Å². The lowest BCUT2D eigenvalue weighted by Crippen LogP contribution is -2.19. The Kier molecular flexibility index (Phi) is 3.88. The fourth-order valence-corrected chi connectivity index (χ4v) is 3.79. The lowest BCUT2D eigenvalue weighted by Gasteiger charge is -2.08. The summed E-state index contributed by atoms with van der Waals surface area (Å²) in [6.45, 7) is 1.86. The normalized spacial score (nSPS) is 11.2. The van der Waals surface area contributed by atoms with E-state index in [1.165, 1.54) is 4.68 Å². The molecule has 0 saturated carbocycles. The van der Waals surface area contributed by atoms with Crippen molar-refractivity contribution in [1.82, 2.24) is 14.3 Å². The number of nitrogens with zero attached hydrogens (tertiary/aromatic N) is 3. The number of para-hydroxylation sites is 1. The number of rotatable bonds is 2. The molecule has 2 aromatic heterocycles. The maximum atomic E-state index is 13.5. The molecule has 0 aliphatic heterocycles. The smallest absolute Gasteiger partial charge is 0.268 e. The van der Waals surface area contributed by atoms with E-state index >= 15 is 0 Å². The van der Waals surface area contributed by atoms with Gasteiger partial charge in [-0.05, 0) is 37.3 Å². The molecule has 0 amide bonds. The molecule has 5 aromatic rings. The first-order valence-corrected chi connectivity index (χ1v) is 9.35. The summed E-state index contributed by atoms with van der Waals surface area (Å²) >= 11 is 0. The van der Waals surface area contributed by atoms with Crippen LogP contribution in [0.1, 0.15) is 26.4 Å². The number of carbonyl (C=O) groups is 2. The van der Waals surface area contributed by atoms with Gasteiger partial charge in [-0.1, -0.05) is 54.6 Å². The Morgan fingerprint density at radius 3 is 1.93 bits per heavy atom. The number of aryl methyl sites for hydroxylation is 1. The summed E-state index contributed by atoms with van der Waals surface area (Å²) in [5, 5.41) is 6.22. The topological polar surface area (TPSA) is 56.9 Å². The predicted octanol–water partition coefficient (Wildman–Crippen LogP) is 4.68. The zero-order chi connectivity index (χ0) is 20.0. The average molecular weight is 379 g/mol. The lowest BCUT2D eigenvalue weighted by atomic mass is 10.2. The minimum absolute atomic E-state index is 0.196. The molecule has 0 N–H and O–H groups in total. The van der Waals surface area contributed by atoms with Crippen LogP contribution in [0.25, 0.3) is 21.9 Å². The third kappa shape index (κ3) is 2.59. The standard InChI is InChI=1S/C24H17N3O2/c1-16-21-19-14-8-9-15-20(19)26(23(28)17-10-4-2-5-11-17)22(21)27(25-16)24(29)18-12-6-3-7-13-18/h2-15H,1H3. The van der Waals surface area contributed by atoms with Crippen molar-refractivity contribution in [2.24, 2.45) is 0 Å². The van der Waals surface area contributed by atoms with Crippen molar-refractivity contribution in [3.05, 3.63) is 102 Å². The minimum Gasteiger partial charge on any atom is -0.268 e. The number of aromatic nitrogens is 3. The summed E-state index contributed by atoms with van der Waals surface area (Å²) < 4.78 is 2.95. The van der Waals surface area contributed by atoms with Gasteiger partial charge in [0.15, 0.2) is 5.65 Å². The summed E-state index contributed by atoms with van der Waals surface area (Å²) in [5.74, 6) is -0.465. The van der Waals surface area contributed by atoms with E-state index < -0.39 is 0 Å². The minimum atomic E-state index is -0.270. The molecule has 0 saturated heterocycles. The first kappa shape index (κ1) is 17.1. The fraction of sp³-hybridized carbons (Fsp3) is 0.0417. The lowest BCUT2D eigenvalue weighted by molar-refractivity contribution is 0.0946. The molecule has 3 aromatic carbocycles. The predicted molar refractivity (Wildman–Crippen MR) is 112 cm³/mol. The van der Waals surface area contributed by atoms with Crippen LogP contribution in [0.5, 0.6) is 0 Å². The van der Waals surface area contributed by atoms with Gasteiger partial charge in [0, 0.05) is 16.5 Å². The number of hydrogen-bond acceptors (Lipinski definition) is 3. The second-order valence-corrected chi connectivity index (χ2v) is 6.89. The Morgan fingerprint density at radius 2 is 1.28 bits per heavy atom. The van der Waals surface area contributed by atoms with Gasteiger partial charge in [-0.3, -0.25) is 14.2 Å². The Labute approximate surface area is 166 Å². The Hall–Kier alpha value is -3.99. The van der Waals surface area contributed by atoms with Gasteiger partial charge < -0.3 is 0 Å². The molecule has 0 atom stereocenters. The second kappa shape index (κ2) is 6.56. The van der Waals surface area contributed by atoms with E-state index in [-0.39, 0.29) is 11.8 Å². The van der Waals surface area contributed by atoms with Gasteiger partial charge in [-0.25, -0.2) is 0 Å². The molecule has 0 spiro atoms. The van der Waals surface area contributed by atoms with E-state index in [1.54, 1.807) is 28.8 Å². The molecular formula is C24H17N3O2. The van der Waals surface area contributed by atoms with Gasteiger partial charge >= 0.3 is 0 Å². The molecule has 29 heavy (non-hydrogen) atoms. The summed E-state index contributed by atoms with van der Waals surface area (Å²) in [7, 11) is 0. The van der Waals surface area contributed by atoms with Crippen LogP contribution in [0.4, 0.5) is 0 Å². The quantitative estimate of drug-likeness (QED) is 0.448. The van der Waals surface area contributed by atoms with E-state index in [0.29, 0.717) is 22.5 Å². The molecular weight excluding hydrogens is 362 g/mol. The summed E-state index contributed by atoms with van der Waals surface area (Å²) in [6.07, 6.45) is 0. The fourth-order valence-electron chi connectivity index (χ4n) is 3.79. The average Bonchev–Trinajstić information content (AvgIpc) is 3.29. The number of fused-ring (bicyclic) bond motifs is 3. The molecule has 140 valence electrons. The van der Waals surface area contributed by atoms with Crippen molar-refractivity contribution in [1.29, 1.82) is 0 Å². The second-order valence-electron chi connectivity index (χ2n) is 6.89. The maximum Gasteiger partial charge on any atom is 0.280 e. The maximum absolute atomic E-state index is 13.5. The van der Waals surface area contributed by atoms with Crippen LogP contribution in [-0.2, 0) is 0 Å². The van der Waals surface area contributed by atoms with Crippen molar-refractivity contribution < 1.29 is 9.59 Å². The van der Waals surface area contributed by atoms with Crippen LogP contribution < -0.4 is 0 Å². The summed E-state index contributed by atoms with van der Waals surface area (Å²) in [6, 6.07) is 25.7. The van der Waals surface area contributed by atoms with Crippen LogP contribution in [-0.4, -0.2) is 26.2 Å². The highest BCUT2D eigenvalue weighted by atomic mass is 16.2. The van der Waals surface area contributed by atoms with E-state index in [1.807, 2.05) is 67.6 Å². The van der Waals surface area contributed by atoms with Crippen LogP contribution in [0, 0.1) is 6.92 Å². The third-order valence-corrected chi connectivity index (χ3v) is 5.10. The van der Waals surface area contributed by atoms with Crippen molar-refractivity contribution >= 4 is 33.8 Å². The third-order valence-electron chi connectivity index (χ3n) is 5.10. The highest BCUT2D eigenvalue weighted by Crippen LogP contribution is 2.32. The molecule has 0 radical (unpaired) electrons. The van der Waals surface area contributed by atoms with Gasteiger partial charge in [0.05, 0.1) is 16.6 Å². The molecule has 0 fully saturated rings. The first-order chi connectivity index (χ1) is 14.2. The van der Waals surface area contributed by atoms with E-state index in [2.05, 4.69) is 5.10 Å². The largest absolute Gasteiger partial charge is 0.280 e. The van der Waals surface area contributed by atoms with Crippen LogP contribution in [0.2, 0.25) is 0 Å². The zero-order valence-electron chi connectivity index (χ0n) is 15.7. The number of benzene rings is 3. The first-order valence-electron chi connectivity index (χ1n) is 9.35. The van der Waals surface area contributed by atoms with Crippen LogP contribution in [0.15, 0.2) is 84.9 Å².